The number of ether oxygens (including phenoxy) is 1. The van der Waals surface area contributed by atoms with Crippen molar-refractivity contribution in [3.8, 4) is 23.3 Å². The molecule has 0 heterocycles. The molecule has 2 rings (SSSR count). The lowest BCUT2D eigenvalue weighted by molar-refractivity contribution is -0.117. The van der Waals surface area contributed by atoms with E-state index in [9.17, 15) is 20.3 Å². The van der Waals surface area contributed by atoms with Gasteiger partial charge in [0.2, 0.25) is 0 Å². The van der Waals surface area contributed by atoms with Crippen molar-refractivity contribution in [3.63, 3.8) is 0 Å². The minimum absolute atomic E-state index is 0.0674. The minimum atomic E-state index is -0.510. The number of carbonyl (C=O) groups excluding carboxylic acids is 1. The van der Waals surface area contributed by atoms with Crippen molar-refractivity contribution in [2.75, 3.05) is 7.11 Å². The molecule has 0 atom stereocenters. The summed E-state index contributed by atoms with van der Waals surface area (Å²) in [6.45, 7) is 2.14. The first-order valence-corrected chi connectivity index (χ1v) is 8.16. The predicted octanol–water partition coefficient (Wildman–Crippen LogP) is 3.19. The Balaban J connectivity index is 2.07. The summed E-state index contributed by atoms with van der Waals surface area (Å²) in [5.74, 6) is 0.0290. The Hall–Kier alpha value is -3.72. The average Bonchev–Trinajstić information content (AvgIpc) is 2.62. The number of benzene rings is 2. The summed E-state index contributed by atoms with van der Waals surface area (Å²) in [7, 11) is 1.57. The van der Waals surface area contributed by atoms with Crippen LogP contribution in [0.2, 0.25) is 0 Å². The Morgan fingerprint density at radius 1 is 1.26 bits per heavy atom. The first-order chi connectivity index (χ1) is 12.9. The SMILES string of the molecule is COc1c(C)cccc1CNC(=O)/C(C#N)=C/C=C/c1cc(O)cc(O)c1. The molecular weight excluding hydrogens is 344 g/mol. The quantitative estimate of drug-likeness (QED) is 0.415. The fourth-order valence-electron chi connectivity index (χ4n) is 2.55. The fourth-order valence-corrected chi connectivity index (χ4v) is 2.55. The standard InChI is InChI=1S/C21H20N2O4/c1-14-5-3-8-17(20(14)27-2)13-23-21(26)16(12-22)7-4-6-15-9-18(24)11-19(25)10-15/h3-11,24-25H,13H2,1-2H3,(H,23,26)/b6-4+,16-7+. The van der Waals surface area contributed by atoms with Crippen molar-refractivity contribution in [2.45, 2.75) is 13.5 Å². The molecule has 0 aromatic heterocycles. The minimum Gasteiger partial charge on any atom is -0.508 e. The van der Waals surface area contributed by atoms with Gasteiger partial charge < -0.3 is 20.3 Å². The zero-order valence-electron chi connectivity index (χ0n) is 15.1. The van der Waals surface area contributed by atoms with Crippen LogP contribution >= 0.6 is 0 Å². The summed E-state index contributed by atoms with van der Waals surface area (Å²) >= 11 is 0. The van der Waals surface area contributed by atoms with Crippen LogP contribution in [0.15, 0.2) is 54.1 Å². The molecule has 6 heteroatoms. The molecule has 27 heavy (non-hydrogen) atoms. The number of phenols is 2. The second kappa shape index (κ2) is 9.11. The van der Waals surface area contributed by atoms with Gasteiger partial charge in [0.1, 0.15) is 28.9 Å². The summed E-state index contributed by atoms with van der Waals surface area (Å²) < 4.78 is 5.35. The number of aryl methyl sites for hydroxylation is 1. The van der Waals surface area contributed by atoms with Crippen LogP contribution < -0.4 is 10.1 Å². The van der Waals surface area contributed by atoms with Crippen LogP contribution in [0, 0.1) is 18.3 Å². The van der Waals surface area contributed by atoms with Crippen LogP contribution in [0.25, 0.3) is 6.08 Å². The molecule has 6 nitrogen and oxygen atoms in total. The smallest absolute Gasteiger partial charge is 0.262 e. The highest BCUT2D eigenvalue weighted by Gasteiger charge is 2.10. The normalized spacial score (nSPS) is 11.2. The summed E-state index contributed by atoms with van der Waals surface area (Å²) in [4.78, 5) is 12.2. The maximum absolute atomic E-state index is 12.2. The van der Waals surface area contributed by atoms with E-state index >= 15 is 0 Å². The highest BCUT2D eigenvalue weighted by atomic mass is 16.5. The number of phenolic OH excluding ortho intramolecular Hbond substituents is 2. The Morgan fingerprint density at radius 2 is 1.96 bits per heavy atom. The van der Waals surface area contributed by atoms with Crippen LogP contribution in [0.1, 0.15) is 16.7 Å². The van der Waals surface area contributed by atoms with Gasteiger partial charge in [0, 0.05) is 18.2 Å². The van der Waals surface area contributed by atoms with E-state index in [1.165, 1.54) is 30.4 Å². The largest absolute Gasteiger partial charge is 0.508 e. The zero-order valence-corrected chi connectivity index (χ0v) is 15.1. The number of hydrogen-bond acceptors (Lipinski definition) is 5. The van der Waals surface area contributed by atoms with E-state index in [-0.39, 0.29) is 23.6 Å². The highest BCUT2D eigenvalue weighted by molar-refractivity contribution is 5.97. The topological polar surface area (TPSA) is 103 Å². The summed E-state index contributed by atoms with van der Waals surface area (Å²) in [5, 5.41) is 30.8. The number of hydrogen-bond donors (Lipinski definition) is 3. The molecule has 2 aromatic rings. The number of allylic oxidation sites excluding steroid dienone is 2. The average molecular weight is 364 g/mol. The van der Waals surface area contributed by atoms with Gasteiger partial charge in [0.15, 0.2) is 0 Å². The van der Waals surface area contributed by atoms with Gasteiger partial charge in [-0.2, -0.15) is 5.26 Å². The zero-order chi connectivity index (χ0) is 19.8. The van der Waals surface area contributed by atoms with Crippen LogP contribution in [0.4, 0.5) is 0 Å². The van der Waals surface area contributed by atoms with Crippen molar-refractivity contribution < 1.29 is 19.7 Å². The lowest BCUT2D eigenvalue weighted by atomic mass is 10.1. The number of amides is 1. The Labute approximate surface area is 157 Å². The summed E-state index contributed by atoms with van der Waals surface area (Å²) in [6.07, 6.45) is 4.43. The molecule has 0 radical (unpaired) electrons. The summed E-state index contributed by atoms with van der Waals surface area (Å²) in [6, 6.07) is 11.6. The summed E-state index contributed by atoms with van der Waals surface area (Å²) in [5.41, 5.74) is 2.24. The number of nitrogens with one attached hydrogen (secondary N) is 1. The fraction of sp³-hybridized carbons (Fsp3) is 0.143. The maximum Gasteiger partial charge on any atom is 0.262 e. The lowest BCUT2D eigenvalue weighted by Gasteiger charge is -2.11. The van der Waals surface area contributed by atoms with E-state index in [2.05, 4.69) is 5.32 Å². The van der Waals surface area contributed by atoms with Crippen LogP contribution in [-0.2, 0) is 11.3 Å². The predicted molar refractivity (Wildman–Crippen MR) is 102 cm³/mol. The molecule has 0 saturated carbocycles. The Kier molecular flexibility index (Phi) is 6.61. The molecule has 0 fully saturated rings. The second-order valence-electron chi connectivity index (χ2n) is 5.78. The van der Waals surface area contributed by atoms with Crippen LogP contribution in [0.5, 0.6) is 17.2 Å². The lowest BCUT2D eigenvalue weighted by Crippen LogP contribution is -2.24. The van der Waals surface area contributed by atoms with E-state index in [4.69, 9.17) is 4.74 Å². The van der Waals surface area contributed by atoms with Crippen molar-refractivity contribution in [2.24, 2.45) is 0 Å². The molecule has 3 N–H and O–H groups in total. The first-order valence-electron chi connectivity index (χ1n) is 8.16. The molecule has 0 aliphatic rings. The number of carbonyl (C=O) groups is 1. The number of para-hydroxylation sites is 1. The molecule has 0 aliphatic heterocycles. The number of rotatable bonds is 6. The third kappa shape index (κ3) is 5.38. The monoisotopic (exact) mass is 364 g/mol. The molecule has 0 bridgehead atoms. The highest BCUT2D eigenvalue weighted by Crippen LogP contribution is 2.23. The molecule has 0 aliphatic carbocycles. The number of methoxy groups -OCH3 is 1. The number of nitriles is 1. The molecule has 0 spiro atoms. The molecule has 138 valence electrons. The number of nitrogens with zero attached hydrogens (tertiary/aromatic N) is 1. The van der Waals surface area contributed by atoms with E-state index < -0.39 is 5.91 Å². The number of aromatic hydroxyl groups is 2. The van der Waals surface area contributed by atoms with Crippen molar-refractivity contribution >= 4 is 12.0 Å². The molecule has 2 aromatic carbocycles. The van der Waals surface area contributed by atoms with E-state index in [0.29, 0.717) is 11.3 Å². The molecular formula is C21H20N2O4. The molecule has 1 amide bonds. The Bertz CT molecular complexity index is 919. The van der Waals surface area contributed by atoms with Gasteiger partial charge in [-0.15, -0.1) is 0 Å². The van der Waals surface area contributed by atoms with Gasteiger partial charge in [0.05, 0.1) is 7.11 Å². The Morgan fingerprint density at radius 3 is 2.59 bits per heavy atom. The van der Waals surface area contributed by atoms with Gasteiger partial charge >= 0.3 is 0 Å². The maximum atomic E-state index is 12.2. The molecule has 0 saturated heterocycles. The van der Waals surface area contributed by atoms with Crippen molar-refractivity contribution in [3.05, 3.63) is 70.8 Å². The van der Waals surface area contributed by atoms with Gasteiger partial charge in [0.25, 0.3) is 5.91 Å². The third-order valence-corrected chi connectivity index (χ3v) is 3.78. The van der Waals surface area contributed by atoms with E-state index in [0.717, 1.165) is 11.1 Å². The van der Waals surface area contributed by atoms with Gasteiger partial charge in [-0.1, -0.05) is 30.4 Å². The molecule has 0 unspecified atom stereocenters. The second-order valence-corrected chi connectivity index (χ2v) is 5.78. The first kappa shape index (κ1) is 19.6. The van der Waals surface area contributed by atoms with Crippen LogP contribution in [-0.4, -0.2) is 23.2 Å². The van der Waals surface area contributed by atoms with Crippen molar-refractivity contribution in [1.82, 2.24) is 5.32 Å². The van der Waals surface area contributed by atoms with Gasteiger partial charge in [-0.25, -0.2) is 0 Å². The van der Waals surface area contributed by atoms with E-state index in [1.54, 1.807) is 13.2 Å². The third-order valence-electron chi connectivity index (χ3n) is 3.78. The van der Waals surface area contributed by atoms with Crippen LogP contribution in [0.3, 0.4) is 0 Å². The van der Waals surface area contributed by atoms with Gasteiger partial charge in [-0.3, -0.25) is 4.79 Å². The van der Waals surface area contributed by atoms with E-state index in [1.807, 2.05) is 31.2 Å². The van der Waals surface area contributed by atoms with Crippen molar-refractivity contribution in [1.29, 1.82) is 5.26 Å². The van der Waals surface area contributed by atoms with Gasteiger partial charge in [-0.05, 0) is 36.3 Å².